The number of hydrogen-bond acceptors (Lipinski definition) is 1. The highest BCUT2D eigenvalue weighted by atomic mass is 79.9. The van der Waals surface area contributed by atoms with Crippen LogP contribution in [0.3, 0.4) is 0 Å². The predicted molar refractivity (Wildman–Crippen MR) is 91.4 cm³/mol. The van der Waals surface area contributed by atoms with Crippen molar-refractivity contribution in [2.75, 3.05) is 5.32 Å². The molecule has 3 aliphatic carbocycles. The molecule has 0 aromatic heterocycles. The SMILES string of the molecule is CC1(C)[C@]2(C)CC[C@@]1(C(=O)Nc1cc(Cl)ccc1Cl)[C@@H]2Br. The molecule has 1 aromatic carbocycles. The summed E-state index contributed by atoms with van der Waals surface area (Å²) in [5, 5.41) is 4.06. The van der Waals surface area contributed by atoms with E-state index in [1.165, 1.54) is 0 Å². The first-order chi connectivity index (χ1) is 9.67. The topological polar surface area (TPSA) is 29.1 Å². The molecular weight excluding hydrogens is 373 g/mol. The number of hydrogen-bond donors (Lipinski definition) is 1. The van der Waals surface area contributed by atoms with E-state index in [9.17, 15) is 4.79 Å². The van der Waals surface area contributed by atoms with Crippen LogP contribution in [0.2, 0.25) is 10.0 Å². The van der Waals surface area contributed by atoms with Crippen LogP contribution in [-0.4, -0.2) is 10.7 Å². The van der Waals surface area contributed by atoms with Crippen molar-refractivity contribution in [3.05, 3.63) is 28.2 Å². The monoisotopic (exact) mass is 389 g/mol. The zero-order chi connectivity index (χ0) is 15.6. The highest BCUT2D eigenvalue weighted by molar-refractivity contribution is 9.09. The zero-order valence-electron chi connectivity index (χ0n) is 12.3. The second-order valence-corrected chi connectivity index (χ2v) is 8.71. The fourth-order valence-corrected chi connectivity index (χ4v) is 6.43. The van der Waals surface area contributed by atoms with Crippen molar-refractivity contribution in [3.8, 4) is 0 Å². The first-order valence-electron chi connectivity index (χ1n) is 7.07. The van der Waals surface area contributed by atoms with Crippen LogP contribution in [0, 0.1) is 16.2 Å². The summed E-state index contributed by atoms with van der Waals surface area (Å²) in [6.45, 7) is 6.64. The molecule has 0 saturated heterocycles. The van der Waals surface area contributed by atoms with Crippen molar-refractivity contribution in [1.82, 2.24) is 0 Å². The molecular formula is C16H18BrCl2NO. The number of nitrogens with one attached hydrogen (secondary N) is 1. The molecule has 0 radical (unpaired) electrons. The van der Waals surface area contributed by atoms with Gasteiger partial charge in [-0.05, 0) is 41.9 Å². The maximum atomic E-state index is 13.0. The third-order valence-corrected chi connectivity index (χ3v) is 8.51. The van der Waals surface area contributed by atoms with E-state index in [4.69, 9.17) is 23.2 Å². The van der Waals surface area contributed by atoms with Crippen molar-refractivity contribution >= 4 is 50.7 Å². The van der Waals surface area contributed by atoms with E-state index in [0.29, 0.717) is 15.7 Å². The lowest BCUT2D eigenvalue weighted by molar-refractivity contribution is -0.155. The lowest BCUT2D eigenvalue weighted by atomic mass is 9.43. The Morgan fingerprint density at radius 2 is 1.95 bits per heavy atom. The van der Waals surface area contributed by atoms with Gasteiger partial charge in [0.1, 0.15) is 0 Å². The Balaban J connectivity index is 1.92. The van der Waals surface area contributed by atoms with Crippen LogP contribution in [0.15, 0.2) is 18.2 Å². The molecule has 4 rings (SSSR count). The van der Waals surface area contributed by atoms with E-state index in [-0.39, 0.29) is 27.0 Å². The number of amides is 1. The van der Waals surface area contributed by atoms with Gasteiger partial charge in [-0.25, -0.2) is 0 Å². The van der Waals surface area contributed by atoms with Crippen LogP contribution in [-0.2, 0) is 4.79 Å². The molecule has 2 nitrogen and oxygen atoms in total. The van der Waals surface area contributed by atoms with E-state index >= 15 is 0 Å². The van der Waals surface area contributed by atoms with Crippen molar-refractivity contribution in [2.45, 2.75) is 38.4 Å². The van der Waals surface area contributed by atoms with Crippen LogP contribution in [0.4, 0.5) is 5.69 Å². The minimum absolute atomic E-state index is 0.0357. The van der Waals surface area contributed by atoms with Crippen molar-refractivity contribution in [1.29, 1.82) is 0 Å². The lowest BCUT2D eigenvalue weighted by Crippen LogP contribution is -2.68. The fourth-order valence-electron chi connectivity index (χ4n) is 4.28. The minimum Gasteiger partial charge on any atom is -0.324 e. The average Bonchev–Trinajstić information content (AvgIpc) is 2.82. The van der Waals surface area contributed by atoms with E-state index in [1.807, 2.05) is 0 Å². The molecule has 1 amide bonds. The number of alkyl halides is 1. The van der Waals surface area contributed by atoms with Gasteiger partial charge in [0, 0.05) is 9.85 Å². The molecule has 21 heavy (non-hydrogen) atoms. The van der Waals surface area contributed by atoms with Gasteiger partial charge in [0.25, 0.3) is 0 Å². The zero-order valence-corrected chi connectivity index (χ0v) is 15.4. The van der Waals surface area contributed by atoms with Crippen LogP contribution < -0.4 is 5.32 Å². The van der Waals surface area contributed by atoms with Gasteiger partial charge >= 0.3 is 0 Å². The minimum atomic E-state index is -0.382. The molecule has 0 aliphatic heterocycles. The van der Waals surface area contributed by atoms with E-state index < -0.39 is 0 Å². The molecule has 5 heteroatoms. The highest BCUT2D eigenvalue weighted by Gasteiger charge is 2.80. The summed E-state index contributed by atoms with van der Waals surface area (Å²) < 4.78 is 0. The van der Waals surface area contributed by atoms with Crippen molar-refractivity contribution in [3.63, 3.8) is 0 Å². The van der Waals surface area contributed by atoms with E-state index in [0.717, 1.165) is 12.8 Å². The molecule has 0 spiro atoms. The van der Waals surface area contributed by atoms with Crippen LogP contribution >= 0.6 is 39.1 Å². The molecule has 114 valence electrons. The molecule has 0 heterocycles. The summed E-state index contributed by atoms with van der Waals surface area (Å²) in [6, 6.07) is 5.11. The van der Waals surface area contributed by atoms with Gasteiger partial charge < -0.3 is 5.32 Å². The first kappa shape index (κ1) is 15.6. The Bertz CT molecular complexity index is 633. The normalized spacial score (nSPS) is 36.2. The average molecular weight is 391 g/mol. The standard InChI is InChI=1S/C16H18BrCl2NO/c1-14(2)15(3)6-7-16(14,12(15)17)13(21)20-11-8-9(18)4-5-10(11)19/h4-5,8,12H,6-7H2,1-3H3,(H,20,21)/t12-,15-,16+/m1/s1. The number of carbonyl (C=O) groups excluding carboxylic acids is 1. The maximum Gasteiger partial charge on any atom is 0.232 e. The van der Waals surface area contributed by atoms with Crippen molar-refractivity contribution < 1.29 is 4.79 Å². The molecule has 3 fully saturated rings. The second kappa shape index (κ2) is 4.62. The van der Waals surface area contributed by atoms with E-state index in [1.54, 1.807) is 18.2 Å². The molecule has 1 N–H and O–H groups in total. The van der Waals surface area contributed by atoms with Crippen LogP contribution in [0.25, 0.3) is 0 Å². The fraction of sp³-hybridized carbons (Fsp3) is 0.562. The Hall–Kier alpha value is -0.250. The number of halogens is 3. The summed E-state index contributed by atoms with van der Waals surface area (Å²) in [6.07, 6.45) is 1.96. The molecule has 3 saturated carbocycles. The summed E-state index contributed by atoms with van der Waals surface area (Å²) in [5.41, 5.74) is 0.332. The van der Waals surface area contributed by atoms with Crippen molar-refractivity contribution in [2.24, 2.45) is 16.2 Å². The number of benzene rings is 1. The third kappa shape index (κ3) is 1.74. The van der Waals surface area contributed by atoms with Gasteiger partial charge in [-0.1, -0.05) is 59.9 Å². The lowest BCUT2D eigenvalue weighted by Gasteiger charge is -2.64. The van der Waals surface area contributed by atoms with Crippen LogP contribution in [0.5, 0.6) is 0 Å². The number of anilines is 1. The summed E-state index contributed by atoms with van der Waals surface area (Å²) in [4.78, 5) is 13.2. The summed E-state index contributed by atoms with van der Waals surface area (Å²) >= 11 is 15.9. The summed E-state index contributed by atoms with van der Waals surface area (Å²) in [7, 11) is 0. The Kier molecular flexibility index (Phi) is 3.44. The van der Waals surface area contributed by atoms with Gasteiger partial charge in [0.15, 0.2) is 0 Å². The quantitative estimate of drug-likeness (QED) is 0.661. The van der Waals surface area contributed by atoms with Gasteiger partial charge in [-0.15, -0.1) is 0 Å². The number of fused-ring (bicyclic) bond motifs is 1. The molecule has 2 bridgehead atoms. The molecule has 3 atom stereocenters. The van der Waals surface area contributed by atoms with Gasteiger partial charge in [-0.2, -0.15) is 0 Å². The highest BCUT2D eigenvalue weighted by Crippen LogP contribution is 2.79. The predicted octanol–water partition coefficient (Wildman–Crippen LogP) is 5.52. The molecule has 3 aliphatic rings. The Labute approximate surface area is 143 Å². The molecule has 1 aromatic rings. The number of carbonyl (C=O) groups is 1. The summed E-state index contributed by atoms with van der Waals surface area (Å²) in [5.74, 6) is 0.0357. The van der Waals surface area contributed by atoms with Gasteiger partial charge in [0.05, 0.1) is 16.1 Å². The first-order valence-corrected chi connectivity index (χ1v) is 8.74. The molecule has 0 unspecified atom stereocenters. The van der Waals surface area contributed by atoms with Gasteiger partial charge in [-0.3, -0.25) is 4.79 Å². The van der Waals surface area contributed by atoms with Crippen LogP contribution in [0.1, 0.15) is 33.6 Å². The maximum absolute atomic E-state index is 13.0. The van der Waals surface area contributed by atoms with E-state index in [2.05, 4.69) is 42.0 Å². The van der Waals surface area contributed by atoms with Gasteiger partial charge in [0.2, 0.25) is 5.91 Å². The number of rotatable bonds is 2. The second-order valence-electron chi connectivity index (χ2n) is 6.95. The smallest absolute Gasteiger partial charge is 0.232 e. The third-order valence-electron chi connectivity index (χ3n) is 6.16. The Morgan fingerprint density at radius 1 is 1.29 bits per heavy atom. The largest absolute Gasteiger partial charge is 0.324 e. The Morgan fingerprint density at radius 3 is 2.48 bits per heavy atom.